The van der Waals surface area contributed by atoms with Gasteiger partial charge in [-0.3, -0.25) is 15.5 Å². The van der Waals surface area contributed by atoms with E-state index in [1.54, 1.807) is 16.7 Å². The third kappa shape index (κ3) is 2.20. The number of hydrogen-bond donors (Lipinski definition) is 2. The van der Waals surface area contributed by atoms with Crippen molar-refractivity contribution in [1.29, 1.82) is 5.41 Å². The summed E-state index contributed by atoms with van der Waals surface area (Å²) in [4.78, 5) is 18.4. The second kappa shape index (κ2) is 4.71. The van der Waals surface area contributed by atoms with Gasteiger partial charge in [-0.05, 0) is 5.56 Å². The average molecular weight is 286 g/mol. The lowest BCUT2D eigenvalue weighted by Crippen LogP contribution is -2.18. The summed E-state index contributed by atoms with van der Waals surface area (Å²) in [6, 6.07) is 6.26. The Morgan fingerprint density at radius 2 is 2.14 bits per heavy atom. The van der Waals surface area contributed by atoms with Crippen LogP contribution in [0.3, 0.4) is 0 Å². The zero-order chi connectivity index (χ0) is 15.0. The SMILES string of the molecule is N=c1c2ncn(Cc3cccc([N+](=O)[O-])c3)c2ncn1O. The maximum atomic E-state index is 10.8. The van der Waals surface area contributed by atoms with E-state index in [1.165, 1.54) is 18.5 Å². The van der Waals surface area contributed by atoms with Gasteiger partial charge in [-0.25, -0.2) is 9.97 Å². The molecule has 0 aliphatic rings. The number of hydrogen-bond acceptors (Lipinski definition) is 6. The first-order valence-corrected chi connectivity index (χ1v) is 5.96. The van der Waals surface area contributed by atoms with Gasteiger partial charge >= 0.3 is 0 Å². The zero-order valence-corrected chi connectivity index (χ0v) is 10.7. The molecule has 0 fully saturated rings. The normalized spacial score (nSPS) is 10.9. The molecule has 0 aliphatic carbocycles. The molecule has 9 nitrogen and oxygen atoms in total. The van der Waals surface area contributed by atoms with Crippen LogP contribution in [0.25, 0.3) is 11.2 Å². The van der Waals surface area contributed by atoms with Crippen molar-refractivity contribution in [2.45, 2.75) is 6.54 Å². The van der Waals surface area contributed by atoms with Gasteiger partial charge in [-0.2, -0.15) is 4.73 Å². The highest BCUT2D eigenvalue weighted by Crippen LogP contribution is 2.15. The number of nitrogens with zero attached hydrogens (tertiary/aromatic N) is 5. The van der Waals surface area contributed by atoms with Gasteiger partial charge in [-0.15, -0.1) is 0 Å². The fourth-order valence-electron chi connectivity index (χ4n) is 2.03. The summed E-state index contributed by atoms with van der Waals surface area (Å²) in [5.74, 6) is 0. The predicted molar refractivity (Wildman–Crippen MR) is 70.8 cm³/mol. The van der Waals surface area contributed by atoms with Crippen LogP contribution in [-0.4, -0.2) is 29.4 Å². The van der Waals surface area contributed by atoms with Crippen LogP contribution in [0.4, 0.5) is 5.69 Å². The minimum absolute atomic E-state index is 0.0132. The minimum Gasteiger partial charge on any atom is -0.425 e. The summed E-state index contributed by atoms with van der Waals surface area (Å²) in [6.07, 6.45) is 2.59. The van der Waals surface area contributed by atoms with Crippen LogP contribution in [0.1, 0.15) is 5.56 Å². The van der Waals surface area contributed by atoms with Gasteiger partial charge in [0.2, 0.25) is 0 Å². The first-order chi connectivity index (χ1) is 10.1. The van der Waals surface area contributed by atoms with Crippen LogP contribution in [0.2, 0.25) is 0 Å². The van der Waals surface area contributed by atoms with Gasteiger partial charge in [0.05, 0.1) is 17.8 Å². The Kier molecular flexibility index (Phi) is 2.87. The van der Waals surface area contributed by atoms with E-state index >= 15 is 0 Å². The molecule has 0 unspecified atom stereocenters. The molecule has 1 aromatic carbocycles. The Morgan fingerprint density at radius 3 is 2.90 bits per heavy atom. The molecule has 2 N–H and O–H groups in total. The van der Waals surface area contributed by atoms with Crippen LogP contribution in [0, 0.1) is 15.5 Å². The molecule has 0 saturated heterocycles. The minimum atomic E-state index is -0.454. The lowest BCUT2D eigenvalue weighted by molar-refractivity contribution is -0.384. The second-order valence-corrected chi connectivity index (χ2v) is 4.41. The van der Waals surface area contributed by atoms with Crippen molar-refractivity contribution in [3.8, 4) is 0 Å². The van der Waals surface area contributed by atoms with Crippen molar-refractivity contribution in [3.63, 3.8) is 0 Å². The largest absolute Gasteiger partial charge is 0.425 e. The molecule has 0 atom stereocenters. The van der Waals surface area contributed by atoms with Crippen LogP contribution in [0.5, 0.6) is 0 Å². The van der Waals surface area contributed by atoms with Gasteiger partial charge < -0.3 is 9.77 Å². The monoisotopic (exact) mass is 286 g/mol. The van der Waals surface area contributed by atoms with Gasteiger partial charge in [0.25, 0.3) is 5.69 Å². The molecule has 106 valence electrons. The first kappa shape index (κ1) is 12.8. The number of nitrogens with one attached hydrogen (secondary N) is 1. The lowest BCUT2D eigenvalue weighted by atomic mass is 10.2. The van der Waals surface area contributed by atoms with Crippen LogP contribution < -0.4 is 5.49 Å². The van der Waals surface area contributed by atoms with E-state index < -0.39 is 4.92 Å². The molecule has 2 aromatic heterocycles. The molecular formula is C12H10N6O3. The average Bonchev–Trinajstić information content (AvgIpc) is 2.87. The number of fused-ring (bicyclic) bond motifs is 1. The number of rotatable bonds is 3. The number of nitro groups is 1. The van der Waals surface area contributed by atoms with E-state index in [9.17, 15) is 15.3 Å². The Morgan fingerprint density at radius 1 is 1.33 bits per heavy atom. The Balaban J connectivity index is 2.03. The smallest absolute Gasteiger partial charge is 0.269 e. The summed E-state index contributed by atoms with van der Waals surface area (Å²) in [6.45, 7) is 0.333. The first-order valence-electron chi connectivity index (χ1n) is 5.96. The molecule has 3 aromatic rings. The second-order valence-electron chi connectivity index (χ2n) is 4.41. The molecule has 0 spiro atoms. The van der Waals surface area contributed by atoms with Crippen molar-refractivity contribution in [1.82, 2.24) is 19.3 Å². The summed E-state index contributed by atoms with van der Waals surface area (Å²) >= 11 is 0. The van der Waals surface area contributed by atoms with E-state index in [4.69, 9.17) is 5.41 Å². The van der Waals surface area contributed by atoms with Crippen molar-refractivity contribution in [2.75, 3.05) is 0 Å². The number of benzene rings is 1. The standard InChI is InChI=1S/C12H10N6O3/c13-11-10-12(15-7-17(11)19)16(6-14-10)5-8-2-1-3-9(4-8)18(20)21/h1-4,6-7,13,19H,5H2. The molecule has 21 heavy (non-hydrogen) atoms. The van der Waals surface area contributed by atoms with E-state index in [0.717, 1.165) is 11.9 Å². The highest BCUT2D eigenvalue weighted by atomic mass is 16.6. The molecule has 0 aliphatic heterocycles. The zero-order valence-electron chi connectivity index (χ0n) is 10.7. The van der Waals surface area contributed by atoms with Gasteiger partial charge in [0.1, 0.15) is 6.33 Å². The Hall–Kier alpha value is -3.23. The van der Waals surface area contributed by atoms with Gasteiger partial charge in [0.15, 0.2) is 16.7 Å². The quantitative estimate of drug-likeness (QED) is 0.421. The molecular weight excluding hydrogens is 276 g/mol. The highest BCUT2D eigenvalue weighted by Gasteiger charge is 2.10. The third-order valence-electron chi connectivity index (χ3n) is 3.03. The predicted octanol–water partition coefficient (Wildman–Crippen LogP) is 0.906. The highest BCUT2D eigenvalue weighted by molar-refractivity contribution is 5.68. The summed E-state index contributed by atoms with van der Waals surface area (Å²) < 4.78 is 2.24. The molecule has 3 rings (SSSR count). The lowest BCUT2D eigenvalue weighted by Gasteiger charge is -2.04. The fourth-order valence-corrected chi connectivity index (χ4v) is 2.03. The van der Waals surface area contributed by atoms with Crippen molar-refractivity contribution in [2.24, 2.45) is 0 Å². The Labute approximate surface area is 117 Å². The number of imidazole rings is 1. The van der Waals surface area contributed by atoms with E-state index in [-0.39, 0.29) is 16.7 Å². The molecule has 0 bridgehead atoms. The van der Waals surface area contributed by atoms with Gasteiger partial charge in [-0.1, -0.05) is 12.1 Å². The van der Waals surface area contributed by atoms with Crippen molar-refractivity contribution >= 4 is 16.9 Å². The fraction of sp³-hybridized carbons (Fsp3) is 0.0833. The third-order valence-corrected chi connectivity index (χ3v) is 3.03. The van der Waals surface area contributed by atoms with Gasteiger partial charge in [0, 0.05) is 12.1 Å². The van der Waals surface area contributed by atoms with E-state index in [1.807, 2.05) is 0 Å². The number of nitro benzene ring substituents is 1. The van der Waals surface area contributed by atoms with Crippen LogP contribution >= 0.6 is 0 Å². The van der Waals surface area contributed by atoms with Crippen molar-refractivity contribution < 1.29 is 10.1 Å². The molecule has 2 heterocycles. The van der Waals surface area contributed by atoms with E-state index in [2.05, 4.69) is 9.97 Å². The molecule has 0 radical (unpaired) electrons. The summed E-state index contributed by atoms with van der Waals surface area (Å²) in [5, 5.41) is 27.8. The van der Waals surface area contributed by atoms with Crippen LogP contribution in [0.15, 0.2) is 36.9 Å². The number of non-ortho nitro benzene ring substituents is 1. The maximum Gasteiger partial charge on any atom is 0.269 e. The van der Waals surface area contributed by atoms with Crippen LogP contribution in [-0.2, 0) is 6.54 Å². The van der Waals surface area contributed by atoms with Crippen molar-refractivity contribution in [3.05, 3.63) is 58.1 Å². The molecule has 9 heteroatoms. The van der Waals surface area contributed by atoms with E-state index in [0.29, 0.717) is 16.9 Å². The molecule has 0 amide bonds. The Bertz CT molecular complexity index is 897. The summed E-state index contributed by atoms with van der Waals surface area (Å²) in [7, 11) is 0. The topological polar surface area (TPSA) is 123 Å². The number of aromatic nitrogens is 4. The molecule has 0 saturated carbocycles. The maximum absolute atomic E-state index is 10.8. The summed E-state index contributed by atoms with van der Waals surface area (Å²) in [5.41, 5.74) is 1.25.